The molecule has 0 heterocycles. The fourth-order valence-electron chi connectivity index (χ4n) is 1.58. The highest BCUT2D eigenvalue weighted by Gasteiger charge is 2.09. The minimum atomic E-state index is -0.862. The zero-order valence-electron chi connectivity index (χ0n) is 13.0. The standard InChI is InChI=1S/C17H26O4/c1-3-5-6-7-8-9-14-17(20)21-15(4-2)12-10-11-13-16(18)19/h5-6,8-11,15H,3-4,7,12-14H2,1-2H3,(H,18,19). The van der Waals surface area contributed by atoms with Gasteiger partial charge < -0.3 is 9.84 Å². The number of carboxylic acids is 1. The number of allylic oxidation sites excluding steroid dienone is 3. The molecule has 0 aliphatic rings. The number of hydrogen-bond donors (Lipinski definition) is 1. The van der Waals surface area contributed by atoms with Gasteiger partial charge in [-0.05, 0) is 19.3 Å². The minimum absolute atomic E-state index is 0.00159. The third-order valence-electron chi connectivity index (χ3n) is 2.74. The van der Waals surface area contributed by atoms with E-state index in [9.17, 15) is 9.59 Å². The molecule has 0 saturated heterocycles. The molecule has 0 aromatic heterocycles. The zero-order valence-corrected chi connectivity index (χ0v) is 13.0. The van der Waals surface area contributed by atoms with Crippen molar-refractivity contribution in [3.8, 4) is 0 Å². The lowest BCUT2D eigenvalue weighted by Crippen LogP contribution is -2.16. The molecule has 0 aliphatic heterocycles. The van der Waals surface area contributed by atoms with E-state index in [1.165, 1.54) is 0 Å². The molecule has 0 bridgehead atoms. The van der Waals surface area contributed by atoms with E-state index in [2.05, 4.69) is 19.1 Å². The predicted molar refractivity (Wildman–Crippen MR) is 84.0 cm³/mol. The highest BCUT2D eigenvalue weighted by molar-refractivity contribution is 5.71. The van der Waals surface area contributed by atoms with Crippen LogP contribution in [-0.4, -0.2) is 23.1 Å². The second-order valence-electron chi connectivity index (χ2n) is 4.62. The van der Waals surface area contributed by atoms with Gasteiger partial charge >= 0.3 is 11.9 Å². The first-order valence-electron chi connectivity index (χ1n) is 7.46. The van der Waals surface area contributed by atoms with Gasteiger partial charge in [0.2, 0.25) is 0 Å². The maximum atomic E-state index is 11.6. The van der Waals surface area contributed by atoms with Gasteiger partial charge in [0.15, 0.2) is 0 Å². The van der Waals surface area contributed by atoms with Crippen LogP contribution in [0.4, 0.5) is 0 Å². The highest BCUT2D eigenvalue weighted by Crippen LogP contribution is 2.07. The van der Waals surface area contributed by atoms with Crippen molar-refractivity contribution in [3.63, 3.8) is 0 Å². The maximum absolute atomic E-state index is 11.6. The summed E-state index contributed by atoms with van der Waals surface area (Å²) in [7, 11) is 0. The first kappa shape index (κ1) is 19.2. The predicted octanol–water partition coefficient (Wildman–Crippen LogP) is 4.03. The van der Waals surface area contributed by atoms with E-state index in [0.29, 0.717) is 12.8 Å². The van der Waals surface area contributed by atoms with Gasteiger partial charge in [0.1, 0.15) is 6.10 Å². The van der Waals surface area contributed by atoms with Crippen molar-refractivity contribution in [3.05, 3.63) is 36.5 Å². The minimum Gasteiger partial charge on any atom is -0.481 e. The van der Waals surface area contributed by atoms with Crippen molar-refractivity contribution < 1.29 is 19.4 Å². The van der Waals surface area contributed by atoms with Gasteiger partial charge in [0.05, 0.1) is 12.8 Å². The summed E-state index contributed by atoms with van der Waals surface area (Å²) >= 11 is 0. The van der Waals surface area contributed by atoms with Crippen LogP contribution in [0, 0.1) is 0 Å². The summed E-state index contributed by atoms with van der Waals surface area (Å²) in [4.78, 5) is 22.0. The van der Waals surface area contributed by atoms with Crippen molar-refractivity contribution in [2.75, 3.05) is 0 Å². The lowest BCUT2D eigenvalue weighted by Gasteiger charge is -2.13. The van der Waals surface area contributed by atoms with Crippen LogP contribution < -0.4 is 0 Å². The zero-order chi connectivity index (χ0) is 15.9. The smallest absolute Gasteiger partial charge is 0.309 e. The van der Waals surface area contributed by atoms with Crippen LogP contribution in [0.2, 0.25) is 0 Å². The lowest BCUT2D eigenvalue weighted by atomic mass is 10.2. The van der Waals surface area contributed by atoms with Crippen LogP contribution in [0.5, 0.6) is 0 Å². The maximum Gasteiger partial charge on any atom is 0.309 e. The Balaban J connectivity index is 3.95. The topological polar surface area (TPSA) is 63.6 Å². The summed E-state index contributed by atoms with van der Waals surface area (Å²) in [6, 6.07) is 0. The van der Waals surface area contributed by atoms with E-state index in [1.807, 2.05) is 19.1 Å². The Morgan fingerprint density at radius 1 is 1.00 bits per heavy atom. The second kappa shape index (κ2) is 13.2. The molecule has 0 rings (SSSR count). The molecule has 0 aliphatic carbocycles. The molecule has 1 unspecified atom stereocenters. The van der Waals surface area contributed by atoms with Crippen LogP contribution in [0.1, 0.15) is 52.4 Å². The van der Waals surface area contributed by atoms with Gasteiger partial charge in [-0.25, -0.2) is 0 Å². The second-order valence-corrected chi connectivity index (χ2v) is 4.62. The molecule has 0 fully saturated rings. The summed E-state index contributed by atoms with van der Waals surface area (Å²) in [5, 5.41) is 8.51. The van der Waals surface area contributed by atoms with E-state index in [-0.39, 0.29) is 24.9 Å². The molecule has 0 spiro atoms. The third kappa shape index (κ3) is 12.9. The van der Waals surface area contributed by atoms with Crippen molar-refractivity contribution in [2.45, 2.75) is 58.5 Å². The summed E-state index contributed by atoms with van der Waals surface area (Å²) < 4.78 is 5.33. The van der Waals surface area contributed by atoms with Crippen molar-refractivity contribution >= 4 is 11.9 Å². The average molecular weight is 294 g/mol. The van der Waals surface area contributed by atoms with Gasteiger partial charge in [0.25, 0.3) is 0 Å². The Morgan fingerprint density at radius 2 is 1.67 bits per heavy atom. The SMILES string of the molecule is CCC=CCC=CCC(=O)OC(CC)CC=CCC(=O)O. The van der Waals surface area contributed by atoms with E-state index in [1.54, 1.807) is 12.2 Å². The number of carboxylic acid groups (broad SMARTS) is 1. The largest absolute Gasteiger partial charge is 0.481 e. The number of esters is 1. The molecular weight excluding hydrogens is 268 g/mol. The summed E-state index contributed by atoms with van der Waals surface area (Å²) in [5.74, 6) is -1.11. The van der Waals surface area contributed by atoms with Crippen molar-refractivity contribution in [1.29, 1.82) is 0 Å². The molecule has 4 nitrogen and oxygen atoms in total. The molecule has 0 saturated carbocycles. The molecule has 1 N–H and O–H groups in total. The van der Waals surface area contributed by atoms with Crippen LogP contribution in [0.15, 0.2) is 36.5 Å². The number of carbonyl (C=O) groups is 2. The third-order valence-corrected chi connectivity index (χ3v) is 2.74. The fraction of sp³-hybridized carbons (Fsp3) is 0.529. The highest BCUT2D eigenvalue weighted by atomic mass is 16.5. The molecule has 0 aromatic carbocycles. The molecule has 0 aromatic rings. The molecule has 0 amide bonds. The van der Waals surface area contributed by atoms with Crippen LogP contribution >= 0.6 is 0 Å². The number of carbonyl (C=O) groups excluding carboxylic acids is 1. The number of hydrogen-bond acceptors (Lipinski definition) is 3. The van der Waals surface area contributed by atoms with Crippen molar-refractivity contribution in [1.82, 2.24) is 0 Å². The first-order chi connectivity index (χ1) is 10.1. The molecule has 0 radical (unpaired) electrons. The molecule has 21 heavy (non-hydrogen) atoms. The molecular formula is C17H26O4. The van der Waals surface area contributed by atoms with Crippen LogP contribution in [0.25, 0.3) is 0 Å². The van der Waals surface area contributed by atoms with E-state index in [0.717, 1.165) is 12.8 Å². The Labute approximate surface area is 127 Å². The van der Waals surface area contributed by atoms with Crippen molar-refractivity contribution in [2.24, 2.45) is 0 Å². The Bertz CT molecular complexity index is 380. The Morgan fingerprint density at radius 3 is 2.29 bits per heavy atom. The van der Waals surface area contributed by atoms with Gasteiger partial charge in [0, 0.05) is 6.42 Å². The molecule has 1 atom stereocenters. The monoisotopic (exact) mass is 294 g/mol. The van der Waals surface area contributed by atoms with E-state index >= 15 is 0 Å². The number of ether oxygens (including phenoxy) is 1. The molecule has 4 heteroatoms. The normalized spacial score (nSPS) is 13.2. The first-order valence-corrected chi connectivity index (χ1v) is 7.46. The summed E-state index contributed by atoms with van der Waals surface area (Å²) in [6.45, 7) is 4.02. The quantitative estimate of drug-likeness (QED) is 0.461. The molecule has 118 valence electrons. The van der Waals surface area contributed by atoms with E-state index < -0.39 is 5.97 Å². The number of aliphatic carboxylic acids is 1. The van der Waals surface area contributed by atoms with Gasteiger partial charge in [-0.2, -0.15) is 0 Å². The van der Waals surface area contributed by atoms with Gasteiger partial charge in [-0.3, -0.25) is 9.59 Å². The number of rotatable bonds is 11. The van der Waals surface area contributed by atoms with Crippen LogP contribution in [0.3, 0.4) is 0 Å². The summed E-state index contributed by atoms with van der Waals surface area (Å²) in [6.07, 6.45) is 14.4. The van der Waals surface area contributed by atoms with Gasteiger partial charge in [-0.15, -0.1) is 0 Å². The van der Waals surface area contributed by atoms with Gasteiger partial charge in [-0.1, -0.05) is 50.3 Å². The average Bonchev–Trinajstić information content (AvgIpc) is 2.45. The Kier molecular flexibility index (Phi) is 12.0. The lowest BCUT2D eigenvalue weighted by molar-refractivity contribution is -0.148. The fourth-order valence-corrected chi connectivity index (χ4v) is 1.58. The Hall–Kier alpha value is -1.84. The van der Waals surface area contributed by atoms with E-state index in [4.69, 9.17) is 9.84 Å². The summed E-state index contributed by atoms with van der Waals surface area (Å²) in [5.41, 5.74) is 0. The van der Waals surface area contributed by atoms with Crippen LogP contribution in [-0.2, 0) is 14.3 Å².